The van der Waals surface area contributed by atoms with E-state index < -0.39 is 17.7 Å². The number of nitrogens with zero attached hydrogens (tertiary/aromatic N) is 1. The van der Waals surface area contributed by atoms with Gasteiger partial charge >= 0.3 is 6.03 Å². The summed E-state index contributed by atoms with van der Waals surface area (Å²) in [4.78, 5) is 14.3. The van der Waals surface area contributed by atoms with Crippen LogP contribution in [0.1, 0.15) is 17.2 Å². The Kier molecular flexibility index (Phi) is 7.64. The summed E-state index contributed by atoms with van der Waals surface area (Å²) in [6, 6.07) is 7.59. The standard InChI is InChI=1S/C22H26F2N2O5/c1-30-21-5-2-14(9-20(21)28)8-15(12-27)11-25-22(29)26-6-7-31-13-19(26)16-3-4-17(23)18(24)10-16/h2-5,9-10,15,19,27-28H,6-8,11-13H2,1H3,(H,25,29). The summed E-state index contributed by atoms with van der Waals surface area (Å²) in [6.45, 7) is 0.841. The summed E-state index contributed by atoms with van der Waals surface area (Å²) in [5.74, 6) is -1.85. The number of rotatable bonds is 7. The summed E-state index contributed by atoms with van der Waals surface area (Å²) in [5.41, 5.74) is 1.24. The Labute approximate surface area is 179 Å². The van der Waals surface area contributed by atoms with Gasteiger partial charge in [0.1, 0.15) is 0 Å². The number of ether oxygens (including phenoxy) is 2. The first-order valence-corrected chi connectivity index (χ1v) is 9.96. The third-order valence-corrected chi connectivity index (χ3v) is 5.29. The molecule has 2 amide bonds. The first-order chi connectivity index (χ1) is 14.9. The molecule has 0 radical (unpaired) electrons. The first kappa shape index (κ1) is 22.8. The molecule has 2 aromatic rings. The number of methoxy groups -OCH3 is 1. The largest absolute Gasteiger partial charge is 0.504 e. The van der Waals surface area contributed by atoms with Crippen LogP contribution in [-0.4, -0.2) is 61.2 Å². The minimum atomic E-state index is -0.980. The summed E-state index contributed by atoms with van der Waals surface area (Å²) in [5, 5.41) is 22.4. The van der Waals surface area contributed by atoms with E-state index in [4.69, 9.17) is 9.47 Å². The van der Waals surface area contributed by atoms with E-state index in [1.54, 1.807) is 18.2 Å². The number of amides is 2. The minimum absolute atomic E-state index is 0.00316. The lowest BCUT2D eigenvalue weighted by atomic mass is 9.99. The van der Waals surface area contributed by atoms with E-state index in [1.807, 2.05) is 0 Å². The van der Waals surface area contributed by atoms with Crippen LogP contribution < -0.4 is 10.1 Å². The molecule has 0 aromatic heterocycles. The van der Waals surface area contributed by atoms with Crippen molar-refractivity contribution in [1.29, 1.82) is 0 Å². The molecule has 2 aromatic carbocycles. The van der Waals surface area contributed by atoms with Crippen molar-refractivity contribution in [1.82, 2.24) is 10.2 Å². The highest BCUT2D eigenvalue weighted by molar-refractivity contribution is 5.75. The Morgan fingerprint density at radius 1 is 1.29 bits per heavy atom. The van der Waals surface area contributed by atoms with Crippen LogP contribution in [0, 0.1) is 17.6 Å². The van der Waals surface area contributed by atoms with Crippen molar-refractivity contribution in [3.8, 4) is 11.5 Å². The zero-order valence-corrected chi connectivity index (χ0v) is 17.2. The number of hydrogen-bond donors (Lipinski definition) is 3. The van der Waals surface area contributed by atoms with Gasteiger partial charge in [0, 0.05) is 25.6 Å². The summed E-state index contributed by atoms with van der Waals surface area (Å²) in [7, 11) is 1.46. The Bertz CT molecular complexity index is 911. The molecule has 2 unspecified atom stereocenters. The zero-order chi connectivity index (χ0) is 22.4. The molecular weight excluding hydrogens is 410 g/mol. The Balaban J connectivity index is 1.63. The van der Waals surface area contributed by atoms with E-state index in [-0.39, 0.29) is 37.5 Å². The SMILES string of the molecule is COc1ccc(CC(CO)CNC(=O)N2CCOCC2c2ccc(F)c(F)c2)cc1O. The zero-order valence-electron chi connectivity index (χ0n) is 17.2. The van der Waals surface area contributed by atoms with Crippen LogP contribution in [0.5, 0.6) is 11.5 Å². The number of halogens is 2. The first-order valence-electron chi connectivity index (χ1n) is 9.96. The van der Waals surface area contributed by atoms with Crippen molar-refractivity contribution < 1.29 is 33.3 Å². The van der Waals surface area contributed by atoms with E-state index in [2.05, 4.69) is 5.32 Å². The summed E-state index contributed by atoms with van der Waals surface area (Å²) in [6.07, 6.45) is 0.435. The van der Waals surface area contributed by atoms with Crippen LogP contribution in [0.25, 0.3) is 0 Å². The number of carbonyl (C=O) groups is 1. The lowest BCUT2D eigenvalue weighted by Crippen LogP contribution is -2.49. The summed E-state index contributed by atoms with van der Waals surface area (Å²) < 4.78 is 37.4. The van der Waals surface area contributed by atoms with Gasteiger partial charge in [-0.1, -0.05) is 12.1 Å². The van der Waals surface area contributed by atoms with Crippen LogP contribution in [-0.2, 0) is 11.2 Å². The molecule has 1 saturated heterocycles. The van der Waals surface area contributed by atoms with Gasteiger partial charge in [-0.05, 0) is 41.8 Å². The quantitative estimate of drug-likeness (QED) is 0.621. The normalized spacial score (nSPS) is 17.3. The van der Waals surface area contributed by atoms with E-state index in [9.17, 15) is 23.8 Å². The number of aliphatic hydroxyl groups excluding tert-OH is 1. The number of carbonyl (C=O) groups excluding carboxylic acids is 1. The number of morpholine rings is 1. The number of hydrogen-bond acceptors (Lipinski definition) is 5. The molecule has 1 fully saturated rings. The lowest BCUT2D eigenvalue weighted by molar-refractivity contribution is 0.0112. The fraction of sp³-hybridized carbons (Fsp3) is 0.409. The van der Waals surface area contributed by atoms with Crippen molar-refractivity contribution in [3.63, 3.8) is 0 Å². The molecule has 1 aliphatic heterocycles. The molecule has 3 rings (SSSR count). The molecule has 0 spiro atoms. The number of urea groups is 1. The summed E-state index contributed by atoms with van der Waals surface area (Å²) >= 11 is 0. The van der Waals surface area contributed by atoms with Gasteiger partial charge in [-0.3, -0.25) is 0 Å². The molecule has 7 nitrogen and oxygen atoms in total. The topological polar surface area (TPSA) is 91.3 Å². The van der Waals surface area contributed by atoms with E-state index in [1.165, 1.54) is 18.1 Å². The molecular formula is C22H26F2N2O5. The predicted molar refractivity (Wildman–Crippen MR) is 109 cm³/mol. The average molecular weight is 436 g/mol. The smallest absolute Gasteiger partial charge is 0.318 e. The molecule has 31 heavy (non-hydrogen) atoms. The third-order valence-electron chi connectivity index (χ3n) is 5.29. The molecule has 0 bridgehead atoms. The number of aliphatic hydroxyl groups is 1. The number of aromatic hydroxyl groups is 1. The van der Waals surface area contributed by atoms with Crippen LogP contribution in [0.4, 0.5) is 13.6 Å². The van der Waals surface area contributed by atoms with Crippen LogP contribution in [0.2, 0.25) is 0 Å². The van der Waals surface area contributed by atoms with Gasteiger partial charge in [-0.15, -0.1) is 0 Å². The van der Waals surface area contributed by atoms with Gasteiger partial charge in [0.05, 0.1) is 26.4 Å². The van der Waals surface area contributed by atoms with Crippen molar-refractivity contribution in [2.24, 2.45) is 5.92 Å². The van der Waals surface area contributed by atoms with Gasteiger partial charge in [-0.2, -0.15) is 0 Å². The van der Waals surface area contributed by atoms with Crippen LogP contribution >= 0.6 is 0 Å². The second-order valence-electron chi connectivity index (χ2n) is 7.40. The van der Waals surface area contributed by atoms with Gasteiger partial charge in [0.2, 0.25) is 0 Å². The van der Waals surface area contributed by atoms with E-state index >= 15 is 0 Å². The van der Waals surface area contributed by atoms with Crippen molar-refractivity contribution >= 4 is 6.03 Å². The fourth-order valence-electron chi connectivity index (χ4n) is 3.57. The lowest BCUT2D eigenvalue weighted by Gasteiger charge is -2.36. The number of nitrogens with one attached hydrogen (secondary N) is 1. The number of phenolic OH excluding ortho intramolecular Hbond substituents is 1. The van der Waals surface area contributed by atoms with Crippen LogP contribution in [0.3, 0.4) is 0 Å². The maximum Gasteiger partial charge on any atom is 0.318 e. The molecule has 3 N–H and O–H groups in total. The Morgan fingerprint density at radius 3 is 2.77 bits per heavy atom. The Hall–Kier alpha value is -2.91. The molecule has 0 aliphatic carbocycles. The van der Waals surface area contributed by atoms with Crippen molar-refractivity contribution in [2.75, 3.05) is 40.0 Å². The molecule has 1 aliphatic rings. The minimum Gasteiger partial charge on any atom is -0.504 e. The maximum absolute atomic E-state index is 13.7. The van der Waals surface area contributed by atoms with E-state index in [0.717, 1.165) is 17.7 Å². The highest BCUT2D eigenvalue weighted by Gasteiger charge is 2.29. The molecule has 168 valence electrons. The van der Waals surface area contributed by atoms with Gasteiger partial charge in [0.25, 0.3) is 0 Å². The van der Waals surface area contributed by atoms with Gasteiger partial charge in [-0.25, -0.2) is 13.6 Å². The van der Waals surface area contributed by atoms with Crippen molar-refractivity contribution in [3.05, 3.63) is 59.2 Å². The second-order valence-corrected chi connectivity index (χ2v) is 7.40. The molecule has 1 heterocycles. The highest BCUT2D eigenvalue weighted by atomic mass is 19.2. The molecule has 9 heteroatoms. The molecule has 0 saturated carbocycles. The van der Waals surface area contributed by atoms with Crippen LogP contribution in [0.15, 0.2) is 36.4 Å². The maximum atomic E-state index is 13.7. The van der Waals surface area contributed by atoms with E-state index in [0.29, 0.717) is 30.9 Å². The number of benzene rings is 2. The third kappa shape index (κ3) is 5.62. The number of phenols is 1. The molecule has 2 atom stereocenters. The highest BCUT2D eigenvalue weighted by Crippen LogP contribution is 2.28. The fourth-order valence-corrected chi connectivity index (χ4v) is 3.57. The predicted octanol–water partition coefficient (Wildman–Crippen LogP) is 2.61. The second kappa shape index (κ2) is 10.4. The monoisotopic (exact) mass is 436 g/mol. The average Bonchev–Trinajstić information content (AvgIpc) is 2.78. The van der Waals surface area contributed by atoms with Gasteiger partial charge in [0.15, 0.2) is 23.1 Å². The van der Waals surface area contributed by atoms with Crippen molar-refractivity contribution in [2.45, 2.75) is 12.5 Å². The Morgan fingerprint density at radius 2 is 2.10 bits per heavy atom. The van der Waals surface area contributed by atoms with Gasteiger partial charge < -0.3 is 29.9 Å².